The lowest BCUT2D eigenvalue weighted by atomic mass is 10.1. The van der Waals surface area contributed by atoms with E-state index in [1.54, 1.807) is 12.1 Å². The molecule has 0 spiro atoms. The Hall–Kier alpha value is -1.68. The summed E-state index contributed by atoms with van der Waals surface area (Å²) in [5.41, 5.74) is 7.80. The van der Waals surface area contributed by atoms with Crippen molar-refractivity contribution >= 4 is 17.4 Å². The lowest BCUT2D eigenvalue weighted by molar-refractivity contribution is 0.475. The van der Waals surface area contributed by atoms with Crippen LogP contribution in [0.25, 0.3) is 11.3 Å². The summed E-state index contributed by atoms with van der Waals surface area (Å²) in [6, 6.07) is 5.13. The number of phenols is 1. The van der Waals surface area contributed by atoms with Crippen LogP contribution in [0.5, 0.6) is 5.75 Å². The summed E-state index contributed by atoms with van der Waals surface area (Å²) >= 11 is 5.97. The number of hydrogen-bond donors (Lipinski definition) is 3. The first-order chi connectivity index (χ1) is 7.08. The van der Waals surface area contributed by atoms with E-state index in [0.717, 1.165) is 5.56 Å². The Labute approximate surface area is 91.7 Å². The second kappa shape index (κ2) is 3.47. The van der Waals surface area contributed by atoms with Gasteiger partial charge in [-0.25, -0.2) is 0 Å². The number of nitrogens with one attached hydrogen (secondary N) is 1. The van der Waals surface area contributed by atoms with Gasteiger partial charge in [-0.15, -0.1) is 0 Å². The molecule has 4 nitrogen and oxygen atoms in total. The second-order valence-corrected chi connectivity index (χ2v) is 3.73. The van der Waals surface area contributed by atoms with Crippen LogP contribution in [-0.2, 0) is 0 Å². The summed E-state index contributed by atoms with van der Waals surface area (Å²) in [4.78, 5) is 0. The van der Waals surface area contributed by atoms with Crippen molar-refractivity contribution in [1.82, 2.24) is 10.2 Å². The molecule has 0 aliphatic rings. The minimum atomic E-state index is 0.0554. The Bertz CT molecular complexity index is 507. The molecule has 1 heterocycles. The molecular weight excluding hydrogens is 214 g/mol. The van der Waals surface area contributed by atoms with Gasteiger partial charge in [0, 0.05) is 11.6 Å². The lowest BCUT2D eigenvalue weighted by Crippen LogP contribution is -1.83. The molecule has 0 bridgehead atoms. The summed E-state index contributed by atoms with van der Waals surface area (Å²) in [7, 11) is 0. The van der Waals surface area contributed by atoms with Gasteiger partial charge in [-0.1, -0.05) is 11.6 Å². The molecule has 0 saturated carbocycles. The highest BCUT2D eigenvalue weighted by Gasteiger charge is 2.10. The molecule has 5 heteroatoms. The monoisotopic (exact) mass is 223 g/mol. The number of phenolic OH excluding ortho intramolecular Hbond substituents is 1. The second-order valence-electron chi connectivity index (χ2n) is 3.35. The van der Waals surface area contributed by atoms with Crippen LogP contribution in [0.3, 0.4) is 0 Å². The van der Waals surface area contributed by atoms with Crippen LogP contribution in [0.4, 0.5) is 5.82 Å². The molecule has 1 aromatic carbocycles. The topological polar surface area (TPSA) is 74.9 Å². The van der Waals surface area contributed by atoms with Gasteiger partial charge in [0.25, 0.3) is 0 Å². The van der Waals surface area contributed by atoms with E-state index in [1.165, 1.54) is 0 Å². The Morgan fingerprint density at radius 3 is 2.73 bits per heavy atom. The number of aromatic nitrogens is 2. The summed E-state index contributed by atoms with van der Waals surface area (Å²) in [6.45, 7) is 1.87. The van der Waals surface area contributed by atoms with E-state index in [2.05, 4.69) is 10.2 Å². The van der Waals surface area contributed by atoms with E-state index in [1.807, 2.05) is 13.0 Å². The van der Waals surface area contributed by atoms with Crippen LogP contribution in [-0.4, -0.2) is 15.3 Å². The summed E-state index contributed by atoms with van der Waals surface area (Å²) in [5.74, 6) is 0.446. The molecular formula is C10H10ClN3O. The van der Waals surface area contributed by atoms with Gasteiger partial charge >= 0.3 is 0 Å². The van der Waals surface area contributed by atoms with E-state index in [9.17, 15) is 5.11 Å². The van der Waals surface area contributed by atoms with E-state index in [0.29, 0.717) is 22.1 Å². The normalized spacial score (nSPS) is 10.5. The number of nitrogen functional groups attached to an aromatic ring is 1. The number of H-pyrrole nitrogens is 1. The van der Waals surface area contributed by atoms with Gasteiger partial charge in [0.1, 0.15) is 11.6 Å². The van der Waals surface area contributed by atoms with Crippen LogP contribution in [0.1, 0.15) is 5.56 Å². The third-order valence-electron chi connectivity index (χ3n) is 2.09. The molecule has 15 heavy (non-hydrogen) atoms. The van der Waals surface area contributed by atoms with E-state index < -0.39 is 0 Å². The average molecular weight is 224 g/mol. The van der Waals surface area contributed by atoms with Crippen molar-refractivity contribution in [3.05, 3.63) is 28.8 Å². The molecule has 0 atom stereocenters. The number of rotatable bonds is 1. The Balaban J connectivity index is 2.62. The predicted octanol–water partition coefficient (Wildman–Crippen LogP) is 2.33. The summed E-state index contributed by atoms with van der Waals surface area (Å²) in [6.07, 6.45) is 0. The molecule has 0 unspecified atom stereocenters. The van der Waals surface area contributed by atoms with Crippen LogP contribution in [0, 0.1) is 6.92 Å². The van der Waals surface area contributed by atoms with Gasteiger partial charge < -0.3 is 10.8 Å². The predicted molar refractivity (Wildman–Crippen MR) is 59.8 cm³/mol. The number of nitrogens with zero attached hydrogens (tertiary/aromatic N) is 1. The van der Waals surface area contributed by atoms with E-state index in [4.69, 9.17) is 17.3 Å². The molecule has 0 fully saturated rings. The highest BCUT2D eigenvalue weighted by Crippen LogP contribution is 2.35. The Morgan fingerprint density at radius 2 is 2.13 bits per heavy atom. The average Bonchev–Trinajstić information content (AvgIpc) is 2.58. The fourth-order valence-electron chi connectivity index (χ4n) is 1.42. The molecule has 78 valence electrons. The van der Waals surface area contributed by atoms with E-state index >= 15 is 0 Å². The maximum atomic E-state index is 9.55. The molecule has 2 rings (SSSR count). The quantitative estimate of drug-likeness (QED) is 0.695. The first kappa shape index (κ1) is 9.86. The van der Waals surface area contributed by atoms with Crippen molar-refractivity contribution in [2.24, 2.45) is 0 Å². The summed E-state index contributed by atoms with van der Waals surface area (Å²) < 4.78 is 0. The highest BCUT2D eigenvalue weighted by atomic mass is 35.5. The zero-order valence-electron chi connectivity index (χ0n) is 8.08. The lowest BCUT2D eigenvalue weighted by Gasteiger charge is -2.05. The maximum absolute atomic E-state index is 9.55. The van der Waals surface area contributed by atoms with Crippen molar-refractivity contribution in [2.75, 3.05) is 5.73 Å². The van der Waals surface area contributed by atoms with Gasteiger partial charge in [0.2, 0.25) is 0 Å². The van der Waals surface area contributed by atoms with Gasteiger partial charge in [0.05, 0.1) is 10.7 Å². The van der Waals surface area contributed by atoms with Crippen LogP contribution < -0.4 is 5.73 Å². The molecule has 0 amide bonds. The van der Waals surface area contributed by atoms with Crippen LogP contribution in [0.15, 0.2) is 18.2 Å². The van der Waals surface area contributed by atoms with Crippen LogP contribution in [0.2, 0.25) is 5.02 Å². The molecule has 4 N–H and O–H groups in total. The molecule has 0 saturated heterocycles. The number of aryl methyl sites for hydroxylation is 1. The van der Waals surface area contributed by atoms with Crippen molar-refractivity contribution in [3.63, 3.8) is 0 Å². The molecule has 1 aromatic heterocycles. The van der Waals surface area contributed by atoms with Gasteiger partial charge in [-0.3, -0.25) is 5.10 Å². The van der Waals surface area contributed by atoms with Crippen molar-refractivity contribution < 1.29 is 5.11 Å². The number of halogens is 1. The maximum Gasteiger partial charge on any atom is 0.145 e. The minimum absolute atomic E-state index is 0.0554. The van der Waals surface area contributed by atoms with Crippen molar-refractivity contribution in [2.45, 2.75) is 6.92 Å². The molecule has 0 radical (unpaired) electrons. The Morgan fingerprint density at radius 1 is 1.40 bits per heavy atom. The van der Waals surface area contributed by atoms with Crippen molar-refractivity contribution in [3.8, 4) is 17.0 Å². The first-order valence-corrected chi connectivity index (χ1v) is 4.76. The molecule has 2 aromatic rings. The zero-order valence-corrected chi connectivity index (χ0v) is 8.84. The Kier molecular flexibility index (Phi) is 2.28. The number of aromatic amines is 1. The molecule has 0 aliphatic carbocycles. The minimum Gasteiger partial charge on any atom is -0.506 e. The largest absolute Gasteiger partial charge is 0.506 e. The SMILES string of the molecule is Cc1cc(O)c(Cl)c(-c2cc(N)n[nH]2)c1. The number of nitrogens with two attached hydrogens (primary N) is 1. The fraction of sp³-hybridized carbons (Fsp3) is 0.100. The van der Waals surface area contributed by atoms with Crippen molar-refractivity contribution in [1.29, 1.82) is 0 Å². The fourth-order valence-corrected chi connectivity index (χ4v) is 1.63. The van der Waals surface area contributed by atoms with Gasteiger partial charge in [-0.2, -0.15) is 5.10 Å². The van der Waals surface area contributed by atoms with Gasteiger partial charge in [0.15, 0.2) is 0 Å². The number of hydrogen-bond acceptors (Lipinski definition) is 3. The first-order valence-electron chi connectivity index (χ1n) is 4.38. The third kappa shape index (κ3) is 1.76. The van der Waals surface area contributed by atoms with Crippen LogP contribution >= 0.6 is 11.6 Å². The number of benzene rings is 1. The van der Waals surface area contributed by atoms with Gasteiger partial charge in [-0.05, 0) is 24.6 Å². The summed E-state index contributed by atoms with van der Waals surface area (Å²) in [5, 5.41) is 16.4. The third-order valence-corrected chi connectivity index (χ3v) is 2.48. The number of anilines is 1. The highest BCUT2D eigenvalue weighted by molar-refractivity contribution is 6.34. The standard InChI is InChI=1S/C10H10ClN3O/c1-5-2-6(10(11)8(15)3-5)7-4-9(12)14-13-7/h2-4,15H,1H3,(H3,12,13,14). The number of aromatic hydroxyl groups is 1. The molecule has 0 aliphatic heterocycles. The van der Waals surface area contributed by atoms with E-state index in [-0.39, 0.29) is 5.75 Å². The zero-order chi connectivity index (χ0) is 11.0. The smallest absolute Gasteiger partial charge is 0.145 e.